The van der Waals surface area contributed by atoms with Crippen LogP contribution in [0, 0.1) is 6.92 Å². The van der Waals surface area contributed by atoms with Gasteiger partial charge in [-0.05, 0) is 31.9 Å². The molecule has 1 N–H and O–H groups in total. The fraction of sp³-hybridized carbons (Fsp3) is 0.400. The molecule has 28 heavy (non-hydrogen) atoms. The smallest absolute Gasteiger partial charge is 0.255 e. The lowest BCUT2D eigenvalue weighted by molar-refractivity contribution is -0.121. The lowest BCUT2D eigenvalue weighted by atomic mass is 10.2. The van der Waals surface area contributed by atoms with E-state index in [9.17, 15) is 9.59 Å². The van der Waals surface area contributed by atoms with E-state index in [2.05, 4.69) is 15.5 Å². The Bertz CT molecular complexity index is 1050. The van der Waals surface area contributed by atoms with Crippen molar-refractivity contribution in [1.82, 2.24) is 20.0 Å². The van der Waals surface area contributed by atoms with Gasteiger partial charge >= 0.3 is 0 Å². The van der Waals surface area contributed by atoms with E-state index in [0.717, 1.165) is 30.7 Å². The summed E-state index contributed by atoms with van der Waals surface area (Å²) in [7, 11) is 0. The summed E-state index contributed by atoms with van der Waals surface area (Å²) in [5.41, 5.74) is 1.46. The Labute approximate surface area is 161 Å². The molecule has 1 atom stereocenters. The van der Waals surface area contributed by atoms with Crippen LogP contribution in [0.1, 0.15) is 36.4 Å². The van der Waals surface area contributed by atoms with E-state index < -0.39 is 0 Å². The van der Waals surface area contributed by atoms with E-state index in [4.69, 9.17) is 9.26 Å². The molecule has 1 aromatic carbocycles. The summed E-state index contributed by atoms with van der Waals surface area (Å²) < 4.78 is 12.6. The predicted molar refractivity (Wildman–Crippen MR) is 102 cm³/mol. The Balaban J connectivity index is 1.36. The van der Waals surface area contributed by atoms with Crippen LogP contribution in [0.2, 0.25) is 0 Å². The average molecular weight is 382 g/mol. The molecule has 0 aliphatic carbocycles. The highest BCUT2D eigenvalue weighted by Crippen LogP contribution is 2.26. The first-order chi connectivity index (χ1) is 13.6. The van der Waals surface area contributed by atoms with Gasteiger partial charge in [-0.3, -0.25) is 9.59 Å². The van der Waals surface area contributed by atoms with Crippen LogP contribution in [0.4, 0.5) is 0 Å². The zero-order valence-corrected chi connectivity index (χ0v) is 15.7. The number of hydrogen-bond donors (Lipinski definition) is 1. The fourth-order valence-electron chi connectivity index (χ4n) is 3.45. The van der Waals surface area contributed by atoms with Crippen molar-refractivity contribution in [3.63, 3.8) is 0 Å². The molecule has 4 rings (SSSR count). The summed E-state index contributed by atoms with van der Waals surface area (Å²) in [6.07, 6.45) is 2.27. The summed E-state index contributed by atoms with van der Waals surface area (Å²) >= 11 is 0. The van der Waals surface area contributed by atoms with Crippen molar-refractivity contribution in [3.05, 3.63) is 58.0 Å². The van der Waals surface area contributed by atoms with Gasteiger partial charge in [-0.15, -0.1) is 0 Å². The lowest BCUT2D eigenvalue weighted by Crippen LogP contribution is -2.30. The first-order valence-electron chi connectivity index (χ1n) is 9.42. The Morgan fingerprint density at radius 2 is 2.21 bits per heavy atom. The van der Waals surface area contributed by atoms with Crippen LogP contribution in [-0.2, 0) is 22.5 Å². The summed E-state index contributed by atoms with van der Waals surface area (Å²) in [6, 6.07) is 8.86. The molecule has 146 valence electrons. The van der Waals surface area contributed by atoms with Crippen molar-refractivity contribution in [2.24, 2.45) is 0 Å². The van der Waals surface area contributed by atoms with Gasteiger partial charge < -0.3 is 19.1 Å². The van der Waals surface area contributed by atoms with E-state index in [-0.39, 0.29) is 24.0 Å². The van der Waals surface area contributed by atoms with E-state index in [1.807, 2.05) is 29.7 Å². The minimum absolute atomic E-state index is 0.0380. The van der Waals surface area contributed by atoms with Gasteiger partial charge in [0.2, 0.25) is 5.91 Å². The first kappa shape index (κ1) is 18.4. The number of carbonyl (C=O) groups is 1. The van der Waals surface area contributed by atoms with Crippen molar-refractivity contribution in [2.45, 2.75) is 38.8 Å². The highest BCUT2D eigenvalue weighted by Gasteiger charge is 2.23. The normalized spacial score (nSPS) is 16.5. The number of aromatic nitrogens is 3. The van der Waals surface area contributed by atoms with Gasteiger partial charge in [-0.2, -0.15) is 4.98 Å². The molecule has 8 heteroatoms. The Kier molecular flexibility index (Phi) is 5.21. The number of carbonyl (C=O) groups excluding carboxylic acids is 1. The number of nitrogens with zero attached hydrogens (tertiary/aromatic N) is 3. The Hall–Kier alpha value is -3.00. The van der Waals surface area contributed by atoms with Crippen LogP contribution in [-0.4, -0.2) is 33.8 Å². The highest BCUT2D eigenvalue weighted by atomic mass is 16.5. The zero-order valence-electron chi connectivity index (χ0n) is 15.7. The second-order valence-electron chi connectivity index (χ2n) is 6.90. The minimum Gasteiger partial charge on any atom is -0.368 e. The van der Waals surface area contributed by atoms with Crippen molar-refractivity contribution < 1.29 is 14.1 Å². The van der Waals surface area contributed by atoms with Crippen molar-refractivity contribution in [1.29, 1.82) is 0 Å². The maximum absolute atomic E-state index is 12.4. The van der Waals surface area contributed by atoms with Gasteiger partial charge in [0.1, 0.15) is 12.6 Å². The van der Waals surface area contributed by atoms with Crippen LogP contribution < -0.4 is 10.7 Å². The van der Waals surface area contributed by atoms with Gasteiger partial charge in [0.25, 0.3) is 5.89 Å². The average Bonchev–Trinajstić information content (AvgIpc) is 3.37. The molecular formula is C20H22N4O4. The topological polar surface area (TPSA) is 99.2 Å². The van der Waals surface area contributed by atoms with Gasteiger partial charge in [0, 0.05) is 36.7 Å². The van der Waals surface area contributed by atoms with Crippen LogP contribution in [0.15, 0.2) is 39.6 Å². The van der Waals surface area contributed by atoms with Gasteiger partial charge in [-0.1, -0.05) is 17.3 Å². The summed E-state index contributed by atoms with van der Waals surface area (Å²) in [4.78, 5) is 28.9. The maximum atomic E-state index is 12.4. The number of aryl methyl sites for hydroxylation is 1. The number of para-hydroxylation sites is 1. The third kappa shape index (κ3) is 3.82. The van der Waals surface area contributed by atoms with E-state index >= 15 is 0 Å². The number of hydrogen-bond acceptors (Lipinski definition) is 6. The molecule has 0 radical (unpaired) electrons. The lowest BCUT2D eigenvalue weighted by Gasteiger charge is -2.14. The molecule has 1 aliphatic rings. The van der Waals surface area contributed by atoms with Crippen LogP contribution in [0.3, 0.4) is 0 Å². The highest BCUT2D eigenvalue weighted by molar-refractivity contribution is 5.82. The molecule has 3 heterocycles. The number of pyridine rings is 1. The maximum Gasteiger partial charge on any atom is 0.255 e. The third-order valence-electron chi connectivity index (χ3n) is 4.89. The van der Waals surface area contributed by atoms with Crippen molar-refractivity contribution in [3.8, 4) is 0 Å². The molecule has 1 amide bonds. The molecule has 8 nitrogen and oxygen atoms in total. The molecule has 3 aromatic rings. The Morgan fingerprint density at radius 3 is 3.04 bits per heavy atom. The quantitative estimate of drug-likeness (QED) is 0.699. The molecular weight excluding hydrogens is 360 g/mol. The Morgan fingerprint density at radius 1 is 1.36 bits per heavy atom. The van der Waals surface area contributed by atoms with Gasteiger partial charge in [0.15, 0.2) is 11.3 Å². The van der Waals surface area contributed by atoms with Gasteiger partial charge in [-0.25, -0.2) is 0 Å². The second kappa shape index (κ2) is 7.93. The molecule has 1 unspecified atom stereocenters. The third-order valence-corrected chi connectivity index (χ3v) is 4.89. The molecule has 1 saturated heterocycles. The number of amides is 1. The first-order valence-corrected chi connectivity index (χ1v) is 9.42. The second-order valence-corrected chi connectivity index (χ2v) is 6.90. The predicted octanol–water partition coefficient (Wildman–Crippen LogP) is 1.90. The molecule has 1 aliphatic heterocycles. The summed E-state index contributed by atoms with van der Waals surface area (Å²) in [5.74, 6) is 0.921. The largest absolute Gasteiger partial charge is 0.368 e. The number of fused-ring (bicyclic) bond motifs is 1. The van der Waals surface area contributed by atoms with Crippen molar-refractivity contribution in [2.75, 3.05) is 13.2 Å². The van der Waals surface area contributed by atoms with E-state index in [1.54, 1.807) is 12.1 Å². The molecule has 0 saturated carbocycles. The molecule has 0 bridgehead atoms. The number of nitrogens with one attached hydrogen (secondary N) is 1. The molecule has 2 aromatic heterocycles. The summed E-state index contributed by atoms with van der Waals surface area (Å²) in [5, 5.41) is 7.43. The molecule has 1 fully saturated rings. The van der Waals surface area contributed by atoms with E-state index in [1.165, 1.54) is 0 Å². The SMILES string of the molecule is Cc1cc(=O)c2ccccc2n1CC(=O)NCCc1noc(C2CCCO2)n1. The summed E-state index contributed by atoms with van der Waals surface area (Å²) in [6.45, 7) is 3.09. The minimum atomic E-state index is -0.139. The number of rotatable bonds is 6. The van der Waals surface area contributed by atoms with Crippen LogP contribution in [0.5, 0.6) is 0 Å². The number of ether oxygens (including phenoxy) is 1. The van der Waals surface area contributed by atoms with E-state index in [0.29, 0.717) is 30.1 Å². The van der Waals surface area contributed by atoms with Crippen molar-refractivity contribution >= 4 is 16.8 Å². The zero-order chi connectivity index (χ0) is 19.5. The molecule has 0 spiro atoms. The van der Waals surface area contributed by atoms with Crippen LogP contribution in [0.25, 0.3) is 10.9 Å². The fourth-order valence-corrected chi connectivity index (χ4v) is 3.45. The number of benzene rings is 1. The van der Waals surface area contributed by atoms with Crippen LogP contribution >= 0.6 is 0 Å². The van der Waals surface area contributed by atoms with Gasteiger partial charge in [0.05, 0.1) is 5.52 Å². The monoisotopic (exact) mass is 382 g/mol. The standard InChI is InChI=1S/C20H22N4O4/c1-13-11-16(25)14-5-2-3-6-15(14)24(13)12-19(26)21-9-8-18-22-20(28-23-18)17-7-4-10-27-17/h2-3,5-6,11,17H,4,7-10,12H2,1H3,(H,21,26).